The van der Waals surface area contributed by atoms with E-state index in [4.69, 9.17) is 9.47 Å². The number of nitro groups is 1. The molecule has 2 aromatic rings. The molecule has 0 saturated carbocycles. The van der Waals surface area contributed by atoms with Gasteiger partial charge >= 0.3 is 0 Å². The second-order valence-electron chi connectivity index (χ2n) is 5.16. The van der Waals surface area contributed by atoms with Crippen LogP contribution < -0.4 is 9.47 Å². The van der Waals surface area contributed by atoms with Crippen LogP contribution in [0.15, 0.2) is 28.1 Å². The van der Waals surface area contributed by atoms with Crippen LogP contribution in [0.3, 0.4) is 0 Å². The van der Waals surface area contributed by atoms with E-state index in [2.05, 4.69) is 15.9 Å². The Morgan fingerprint density at radius 1 is 1.33 bits per heavy atom. The number of amides is 1. The fourth-order valence-electron chi connectivity index (χ4n) is 2.35. The average molecular weight is 413 g/mol. The molecular formula is C15H13BrN2O5S. The minimum atomic E-state index is -0.582. The predicted molar refractivity (Wildman–Crippen MR) is 91.9 cm³/mol. The molecule has 24 heavy (non-hydrogen) atoms. The van der Waals surface area contributed by atoms with Crippen molar-refractivity contribution in [3.05, 3.63) is 48.6 Å². The van der Waals surface area contributed by atoms with Gasteiger partial charge in [0.2, 0.25) is 0 Å². The van der Waals surface area contributed by atoms with Crippen LogP contribution in [-0.4, -0.2) is 36.0 Å². The number of rotatable bonds is 4. The number of carbonyl (C=O) groups is 1. The first-order chi connectivity index (χ1) is 11.5. The summed E-state index contributed by atoms with van der Waals surface area (Å²) in [6, 6.07) is 4.54. The molecule has 1 aliphatic heterocycles. The molecule has 0 bridgehead atoms. The molecule has 1 aromatic carbocycles. The summed E-state index contributed by atoms with van der Waals surface area (Å²) in [4.78, 5) is 25.8. The summed E-state index contributed by atoms with van der Waals surface area (Å²) in [7, 11) is 1.61. The molecule has 7 nitrogen and oxygen atoms in total. The summed E-state index contributed by atoms with van der Waals surface area (Å²) in [6.07, 6.45) is 0. The van der Waals surface area contributed by atoms with Crippen LogP contribution in [0.5, 0.6) is 11.5 Å². The summed E-state index contributed by atoms with van der Waals surface area (Å²) in [5.41, 5.74) is -0.300. The maximum absolute atomic E-state index is 12.7. The van der Waals surface area contributed by atoms with E-state index in [1.807, 2.05) is 11.4 Å². The molecule has 126 valence electrons. The van der Waals surface area contributed by atoms with Gasteiger partial charge in [-0.2, -0.15) is 0 Å². The maximum Gasteiger partial charge on any atom is 0.286 e. The van der Waals surface area contributed by atoms with Gasteiger partial charge in [0.25, 0.3) is 11.6 Å². The summed E-state index contributed by atoms with van der Waals surface area (Å²) in [5, 5.41) is 13.2. The number of thiophene rings is 1. The molecule has 0 N–H and O–H groups in total. The van der Waals surface area contributed by atoms with Crippen LogP contribution in [0.2, 0.25) is 0 Å². The molecule has 1 amide bonds. The zero-order valence-corrected chi connectivity index (χ0v) is 15.1. The number of benzene rings is 1. The Morgan fingerprint density at radius 2 is 2.00 bits per heavy atom. The highest BCUT2D eigenvalue weighted by Crippen LogP contribution is 2.37. The second kappa shape index (κ2) is 6.78. The highest BCUT2D eigenvalue weighted by molar-refractivity contribution is 9.10. The van der Waals surface area contributed by atoms with Crippen molar-refractivity contribution in [2.75, 3.05) is 20.3 Å². The van der Waals surface area contributed by atoms with Crippen LogP contribution in [0.25, 0.3) is 0 Å². The van der Waals surface area contributed by atoms with Crippen molar-refractivity contribution in [2.24, 2.45) is 0 Å². The van der Waals surface area contributed by atoms with Gasteiger partial charge < -0.3 is 14.4 Å². The molecule has 1 aliphatic rings. The van der Waals surface area contributed by atoms with Crippen molar-refractivity contribution in [1.82, 2.24) is 4.90 Å². The topological polar surface area (TPSA) is 81.9 Å². The van der Waals surface area contributed by atoms with Gasteiger partial charge in [-0.3, -0.25) is 14.9 Å². The van der Waals surface area contributed by atoms with Crippen LogP contribution in [0.1, 0.15) is 15.2 Å². The van der Waals surface area contributed by atoms with Crippen LogP contribution in [0, 0.1) is 10.1 Å². The van der Waals surface area contributed by atoms with E-state index < -0.39 is 10.8 Å². The van der Waals surface area contributed by atoms with Gasteiger partial charge in [0.05, 0.1) is 17.5 Å². The molecule has 0 atom stereocenters. The second-order valence-corrected chi connectivity index (χ2v) is 7.07. The third-order valence-corrected chi connectivity index (χ3v) is 5.13. The molecular weight excluding hydrogens is 400 g/mol. The first-order valence-electron chi connectivity index (χ1n) is 7.02. The zero-order chi connectivity index (χ0) is 17.3. The summed E-state index contributed by atoms with van der Waals surface area (Å²) >= 11 is 4.87. The molecule has 3 rings (SSSR count). The first kappa shape index (κ1) is 16.7. The standard InChI is InChI=1S/C15H13BrN2O5S/c1-17(7-10-4-9(16)8-24-10)15(19)11-5-13-14(23-3-2-22-13)6-12(11)18(20)21/h4-6,8H,2-3,7H2,1H3. The summed E-state index contributed by atoms with van der Waals surface area (Å²) in [5.74, 6) is 0.194. The monoisotopic (exact) mass is 412 g/mol. The number of nitrogens with zero attached hydrogens (tertiary/aromatic N) is 2. The number of carbonyl (C=O) groups excluding carboxylic acids is 1. The molecule has 1 aromatic heterocycles. The van der Waals surface area contributed by atoms with Gasteiger partial charge in [-0.1, -0.05) is 0 Å². The van der Waals surface area contributed by atoms with Crippen molar-refractivity contribution in [2.45, 2.75) is 6.54 Å². The average Bonchev–Trinajstić information content (AvgIpc) is 2.97. The Balaban J connectivity index is 1.91. The zero-order valence-electron chi connectivity index (χ0n) is 12.7. The maximum atomic E-state index is 12.7. The third-order valence-electron chi connectivity index (χ3n) is 3.45. The lowest BCUT2D eigenvalue weighted by Crippen LogP contribution is -2.27. The van der Waals surface area contributed by atoms with Crippen molar-refractivity contribution in [3.63, 3.8) is 0 Å². The highest BCUT2D eigenvalue weighted by Gasteiger charge is 2.28. The number of fused-ring (bicyclic) bond motifs is 1. The van der Waals surface area contributed by atoms with E-state index in [-0.39, 0.29) is 17.0 Å². The number of nitro benzene ring substituents is 1. The van der Waals surface area contributed by atoms with E-state index in [1.54, 1.807) is 7.05 Å². The van der Waals surface area contributed by atoms with Gasteiger partial charge in [-0.15, -0.1) is 11.3 Å². The minimum Gasteiger partial charge on any atom is -0.486 e. The summed E-state index contributed by atoms with van der Waals surface area (Å²) < 4.78 is 11.7. The van der Waals surface area contributed by atoms with Gasteiger partial charge in [-0.05, 0) is 22.0 Å². The van der Waals surface area contributed by atoms with Crippen LogP contribution >= 0.6 is 27.3 Å². The van der Waals surface area contributed by atoms with Gasteiger partial charge in [0.15, 0.2) is 11.5 Å². The SMILES string of the molecule is CN(Cc1cc(Br)cs1)C(=O)c1cc2c(cc1[N+](=O)[O-])OCCO2. The smallest absolute Gasteiger partial charge is 0.286 e. The normalized spacial score (nSPS) is 12.8. The molecule has 0 aliphatic carbocycles. The quantitative estimate of drug-likeness (QED) is 0.567. The Kier molecular flexibility index (Phi) is 4.72. The van der Waals surface area contributed by atoms with Crippen molar-refractivity contribution in [3.8, 4) is 11.5 Å². The number of hydrogen-bond acceptors (Lipinski definition) is 6. The fourth-order valence-corrected chi connectivity index (χ4v) is 3.85. The Bertz CT molecular complexity index is 807. The predicted octanol–water partition coefficient (Wildman–Crippen LogP) is 3.46. The van der Waals surface area contributed by atoms with Crippen LogP contribution in [0.4, 0.5) is 5.69 Å². The van der Waals surface area contributed by atoms with E-state index in [9.17, 15) is 14.9 Å². The fraction of sp³-hybridized carbons (Fsp3) is 0.267. The Labute approximate surface area is 150 Å². The molecule has 0 saturated heterocycles. The first-order valence-corrected chi connectivity index (χ1v) is 8.69. The molecule has 2 heterocycles. The highest BCUT2D eigenvalue weighted by atomic mass is 79.9. The third kappa shape index (κ3) is 3.36. The molecule has 0 radical (unpaired) electrons. The van der Waals surface area contributed by atoms with E-state index in [1.165, 1.54) is 28.4 Å². The number of halogens is 1. The largest absolute Gasteiger partial charge is 0.486 e. The van der Waals surface area contributed by atoms with Crippen molar-refractivity contribution >= 4 is 38.9 Å². The Hall–Kier alpha value is -2.13. The lowest BCUT2D eigenvalue weighted by atomic mass is 10.1. The molecule has 9 heteroatoms. The van der Waals surface area contributed by atoms with E-state index >= 15 is 0 Å². The van der Waals surface area contributed by atoms with Gasteiger partial charge in [-0.25, -0.2) is 0 Å². The molecule has 0 fully saturated rings. The summed E-state index contributed by atoms with van der Waals surface area (Å²) in [6.45, 7) is 1.03. The van der Waals surface area contributed by atoms with Gasteiger partial charge in [0.1, 0.15) is 18.8 Å². The molecule has 0 unspecified atom stereocenters. The van der Waals surface area contributed by atoms with E-state index in [0.29, 0.717) is 25.5 Å². The number of hydrogen-bond donors (Lipinski definition) is 0. The van der Waals surface area contributed by atoms with Gasteiger partial charge in [0, 0.05) is 27.8 Å². The van der Waals surface area contributed by atoms with Crippen molar-refractivity contribution in [1.29, 1.82) is 0 Å². The van der Waals surface area contributed by atoms with E-state index in [0.717, 1.165) is 9.35 Å². The molecule has 0 spiro atoms. The van der Waals surface area contributed by atoms with Crippen LogP contribution in [-0.2, 0) is 6.54 Å². The minimum absolute atomic E-state index is 0.0117. The lowest BCUT2D eigenvalue weighted by molar-refractivity contribution is -0.385. The lowest BCUT2D eigenvalue weighted by Gasteiger charge is -2.20. The van der Waals surface area contributed by atoms with Crippen molar-refractivity contribution < 1.29 is 19.2 Å². The Morgan fingerprint density at radius 3 is 2.58 bits per heavy atom. The number of ether oxygens (including phenoxy) is 2.